The topological polar surface area (TPSA) is 63.6 Å². The summed E-state index contributed by atoms with van der Waals surface area (Å²) in [7, 11) is -5.43. The van der Waals surface area contributed by atoms with Crippen LogP contribution >= 0.6 is 0 Å². The predicted octanol–water partition coefficient (Wildman–Crippen LogP) is 2.37. The number of halogens is 8. The summed E-state index contributed by atoms with van der Waals surface area (Å²) in [6.45, 7) is 0.111. The highest BCUT2D eigenvalue weighted by molar-refractivity contribution is 7.86. The van der Waals surface area contributed by atoms with E-state index in [-0.39, 0.29) is 6.92 Å². The lowest BCUT2D eigenvalue weighted by Crippen LogP contribution is -2.59. The lowest BCUT2D eigenvalue weighted by molar-refractivity contribution is -0.415. The summed E-state index contributed by atoms with van der Waals surface area (Å²) in [4.78, 5) is 0. The molecule has 0 radical (unpaired) electrons. The fourth-order valence-electron chi connectivity index (χ4n) is 0.674. The highest BCUT2D eigenvalue weighted by atomic mass is 32.2. The molecule has 0 aliphatic heterocycles. The summed E-state index contributed by atoms with van der Waals surface area (Å²) in [5.74, 6) is -13.2. The molecule has 1 atom stereocenters. The molecule has 0 spiro atoms. The Morgan fingerprint density at radius 1 is 1.05 bits per heavy atom. The molecular formula is C6H6F8O4S. The minimum Gasteiger partial charge on any atom is -0.294 e. The van der Waals surface area contributed by atoms with Crippen molar-refractivity contribution in [2.45, 2.75) is 36.7 Å². The van der Waals surface area contributed by atoms with E-state index in [1.54, 1.807) is 0 Å². The van der Waals surface area contributed by atoms with Gasteiger partial charge in [0.15, 0.2) is 5.44 Å². The van der Waals surface area contributed by atoms with E-state index in [0.29, 0.717) is 0 Å². The van der Waals surface area contributed by atoms with E-state index >= 15 is 0 Å². The molecule has 0 aliphatic carbocycles. The molecule has 0 saturated carbocycles. The van der Waals surface area contributed by atoms with Gasteiger partial charge in [-0.05, 0) is 6.92 Å². The summed E-state index contributed by atoms with van der Waals surface area (Å²) in [5, 5.41) is 0. The van der Waals surface area contributed by atoms with Crippen molar-refractivity contribution in [3.05, 3.63) is 0 Å². The van der Waals surface area contributed by atoms with Crippen molar-refractivity contribution in [1.82, 2.24) is 0 Å². The number of alkyl halides is 8. The molecule has 0 aromatic rings. The van der Waals surface area contributed by atoms with Crippen LogP contribution in [0.5, 0.6) is 0 Å². The Kier molecular flexibility index (Phi) is 4.83. The van der Waals surface area contributed by atoms with Crippen molar-refractivity contribution in [3.8, 4) is 0 Å². The molecule has 0 bridgehead atoms. The van der Waals surface area contributed by atoms with Crippen molar-refractivity contribution in [2.24, 2.45) is 0 Å². The van der Waals surface area contributed by atoms with Gasteiger partial charge in [-0.1, -0.05) is 0 Å². The van der Waals surface area contributed by atoms with Gasteiger partial charge in [0, 0.05) is 0 Å². The van der Waals surface area contributed by atoms with Gasteiger partial charge in [0.05, 0.1) is 0 Å². The van der Waals surface area contributed by atoms with Crippen LogP contribution in [-0.2, 0) is 14.9 Å². The maximum absolute atomic E-state index is 12.7. The normalized spacial score (nSPS) is 16.8. The molecule has 0 aromatic heterocycles. The van der Waals surface area contributed by atoms with Gasteiger partial charge in [0.2, 0.25) is 0 Å². The van der Waals surface area contributed by atoms with Crippen molar-refractivity contribution in [1.29, 1.82) is 0 Å². The zero-order chi connectivity index (χ0) is 15.9. The third-order valence-electron chi connectivity index (χ3n) is 1.79. The Morgan fingerprint density at radius 3 is 1.68 bits per heavy atom. The van der Waals surface area contributed by atoms with Gasteiger partial charge in [0.25, 0.3) is 10.1 Å². The fourth-order valence-corrected chi connectivity index (χ4v) is 0.917. The minimum absolute atomic E-state index is 0.111. The number of hydrogen-bond acceptors (Lipinski definition) is 3. The number of hydrogen-bond donors (Lipinski definition) is 1. The van der Waals surface area contributed by atoms with Crippen LogP contribution in [0.1, 0.15) is 6.92 Å². The maximum Gasteiger partial charge on any atom is 0.427 e. The van der Waals surface area contributed by atoms with Crippen molar-refractivity contribution >= 4 is 10.1 Å². The first-order chi connectivity index (χ1) is 8.07. The van der Waals surface area contributed by atoms with Crippen LogP contribution in [0.25, 0.3) is 0 Å². The van der Waals surface area contributed by atoms with E-state index in [9.17, 15) is 43.5 Å². The molecule has 0 aliphatic rings. The highest BCUT2D eigenvalue weighted by Crippen LogP contribution is 2.49. The van der Waals surface area contributed by atoms with Crippen LogP contribution in [0.2, 0.25) is 0 Å². The van der Waals surface area contributed by atoms with Crippen LogP contribution in [0.15, 0.2) is 0 Å². The second-order valence-corrected chi connectivity index (χ2v) is 4.91. The Bertz CT molecular complexity index is 419. The summed E-state index contributed by atoms with van der Waals surface area (Å²) in [5.41, 5.74) is -3.04. The van der Waals surface area contributed by atoms with Gasteiger partial charge in [-0.3, -0.25) is 9.29 Å². The Hall–Kier alpha value is -0.690. The molecule has 0 aromatic carbocycles. The first-order valence-electron chi connectivity index (χ1n) is 4.13. The third kappa shape index (κ3) is 3.45. The zero-order valence-corrected chi connectivity index (χ0v) is 9.58. The largest absolute Gasteiger partial charge is 0.427 e. The molecule has 19 heavy (non-hydrogen) atoms. The average molecular weight is 326 g/mol. The van der Waals surface area contributed by atoms with Crippen LogP contribution < -0.4 is 0 Å². The first kappa shape index (κ1) is 18.3. The van der Waals surface area contributed by atoms with Gasteiger partial charge in [0.1, 0.15) is 0 Å². The number of ether oxygens (including phenoxy) is 1. The molecule has 0 heterocycles. The molecule has 0 amide bonds. The minimum atomic E-state index is -6.70. The van der Waals surface area contributed by atoms with E-state index in [2.05, 4.69) is 4.74 Å². The second kappa shape index (κ2) is 5.01. The van der Waals surface area contributed by atoms with E-state index in [1.165, 1.54) is 0 Å². The summed E-state index contributed by atoms with van der Waals surface area (Å²) < 4.78 is 130. The summed E-state index contributed by atoms with van der Waals surface area (Å²) >= 11 is 0. The third-order valence-corrected chi connectivity index (χ3v) is 2.73. The van der Waals surface area contributed by atoms with Crippen molar-refractivity contribution < 1.29 is 52.8 Å². The SMILES string of the molecule is CC(OC(F)(F)C(F)(F)C(F)(F)C(F)F)S(=O)(=O)O. The van der Waals surface area contributed by atoms with Gasteiger partial charge in [-0.15, -0.1) is 0 Å². The Morgan fingerprint density at radius 2 is 1.42 bits per heavy atom. The quantitative estimate of drug-likeness (QED) is 0.601. The van der Waals surface area contributed by atoms with E-state index in [4.69, 9.17) is 4.55 Å². The zero-order valence-electron chi connectivity index (χ0n) is 8.76. The van der Waals surface area contributed by atoms with E-state index < -0.39 is 39.9 Å². The van der Waals surface area contributed by atoms with Crippen LogP contribution in [0.3, 0.4) is 0 Å². The molecule has 0 saturated heterocycles. The second-order valence-electron chi connectivity index (χ2n) is 3.22. The molecular weight excluding hydrogens is 320 g/mol. The lowest BCUT2D eigenvalue weighted by Gasteiger charge is -2.32. The number of rotatable bonds is 6. The Balaban J connectivity index is 5.42. The summed E-state index contributed by atoms with van der Waals surface area (Å²) in [6, 6.07) is 0. The molecule has 13 heteroatoms. The van der Waals surface area contributed by atoms with Gasteiger partial charge < -0.3 is 0 Å². The lowest BCUT2D eigenvalue weighted by atomic mass is 10.1. The fraction of sp³-hybridized carbons (Fsp3) is 1.00. The predicted molar refractivity (Wildman–Crippen MR) is 42.9 cm³/mol. The van der Waals surface area contributed by atoms with Gasteiger partial charge in [-0.25, -0.2) is 8.78 Å². The average Bonchev–Trinajstić information content (AvgIpc) is 2.14. The van der Waals surface area contributed by atoms with Gasteiger partial charge >= 0.3 is 24.4 Å². The molecule has 4 nitrogen and oxygen atoms in total. The van der Waals surface area contributed by atoms with Crippen LogP contribution in [0, 0.1) is 0 Å². The molecule has 116 valence electrons. The standard InChI is InChI=1S/C6H6F8O4S/c1-2(19(15,16)17)18-6(13,14)5(11,12)4(9,10)3(7)8/h2-3H,1H3,(H,15,16,17). The van der Waals surface area contributed by atoms with E-state index in [1.807, 2.05) is 0 Å². The van der Waals surface area contributed by atoms with Crippen molar-refractivity contribution in [2.75, 3.05) is 0 Å². The maximum atomic E-state index is 12.7. The Labute approximate surface area is 101 Å². The molecule has 0 fully saturated rings. The monoisotopic (exact) mass is 326 g/mol. The summed E-state index contributed by atoms with van der Waals surface area (Å²) in [6.07, 6.45) is -11.4. The van der Waals surface area contributed by atoms with E-state index in [0.717, 1.165) is 0 Å². The molecule has 1 unspecified atom stereocenters. The van der Waals surface area contributed by atoms with Crippen LogP contribution in [0.4, 0.5) is 35.1 Å². The van der Waals surface area contributed by atoms with Gasteiger partial charge in [-0.2, -0.15) is 34.8 Å². The van der Waals surface area contributed by atoms with Crippen LogP contribution in [-0.4, -0.2) is 42.8 Å². The smallest absolute Gasteiger partial charge is 0.294 e. The molecule has 1 N–H and O–H groups in total. The molecule has 0 rings (SSSR count). The highest BCUT2D eigenvalue weighted by Gasteiger charge is 2.77. The first-order valence-corrected chi connectivity index (χ1v) is 5.63. The van der Waals surface area contributed by atoms with Crippen molar-refractivity contribution in [3.63, 3.8) is 0 Å².